The summed E-state index contributed by atoms with van der Waals surface area (Å²) in [7, 11) is 0. The Kier molecular flexibility index (Phi) is 7.99. The summed E-state index contributed by atoms with van der Waals surface area (Å²) in [5.41, 5.74) is -1.09. The maximum Gasteiger partial charge on any atom is 0.309 e. The molecule has 0 saturated carbocycles. The minimum absolute atomic E-state index is 0.0444. The first-order chi connectivity index (χ1) is 12.0. The number of rotatable bonds is 6. The topological polar surface area (TPSA) is 119 Å². The van der Waals surface area contributed by atoms with E-state index in [1.807, 2.05) is 13.8 Å². The molecular formula is C18H32N2O6. The number of hydrogen-bond donors (Lipinski definition) is 2. The predicted molar refractivity (Wildman–Crippen MR) is 96.0 cm³/mol. The number of cyclic esters (lactones) is 1. The van der Waals surface area contributed by atoms with Crippen molar-refractivity contribution in [3.8, 4) is 0 Å². The summed E-state index contributed by atoms with van der Waals surface area (Å²) in [5.74, 6) is -0.323. The summed E-state index contributed by atoms with van der Waals surface area (Å²) >= 11 is 0. The molecule has 0 aromatic carbocycles. The Balaban J connectivity index is 0.000000263. The van der Waals surface area contributed by atoms with Gasteiger partial charge in [0.2, 0.25) is 11.4 Å². The Hall–Kier alpha value is -1.70. The number of aliphatic hydroxyl groups is 1. The van der Waals surface area contributed by atoms with E-state index in [-0.39, 0.29) is 47.2 Å². The number of amides is 1. The summed E-state index contributed by atoms with van der Waals surface area (Å²) in [6.07, 6.45) is 4.21. The van der Waals surface area contributed by atoms with E-state index in [9.17, 15) is 19.7 Å². The van der Waals surface area contributed by atoms with E-state index in [4.69, 9.17) is 9.84 Å². The lowest BCUT2D eigenvalue weighted by atomic mass is 9.87. The fourth-order valence-corrected chi connectivity index (χ4v) is 3.37. The van der Waals surface area contributed by atoms with E-state index in [2.05, 4.69) is 5.32 Å². The number of aliphatic hydroxyl groups excluding tert-OH is 1. The molecule has 2 heterocycles. The molecule has 1 amide bonds. The third-order valence-electron chi connectivity index (χ3n) is 4.81. The Morgan fingerprint density at radius 3 is 2.46 bits per heavy atom. The van der Waals surface area contributed by atoms with Gasteiger partial charge in [0.1, 0.15) is 0 Å². The second kappa shape index (κ2) is 9.30. The minimum Gasteiger partial charge on any atom is -0.465 e. The Morgan fingerprint density at radius 2 is 2.00 bits per heavy atom. The smallest absolute Gasteiger partial charge is 0.309 e. The first-order valence-corrected chi connectivity index (χ1v) is 9.22. The van der Waals surface area contributed by atoms with Crippen molar-refractivity contribution in [2.75, 3.05) is 13.2 Å². The van der Waals surface area contributed by atoms with Gasteiger partial charge in [-0.25, -0.2) is 0 Å². The van der Waals surface area contributed by atoms with Crippen LogP contribution in [0.5, 0.6) is 0 Å². The van der Waals surface area contributed by atoms with E-state index >= 15 is 0 Å². The quantitative estimate of drug-likeness (QED) is 0.418. The van der Waals surface area contributed by atoms with E-state index in [0.717, 1.165) is 25.7 Å². The van der Waals surface area contributed by atoms with E-state index in [0.29, 0.717) is 13.0 Å². The van der Waals surface area contributed by atoms with Gasteiger partial charge in [-0.1, -0.05) is 0 Å². The molecule has 0 aromatic heterocycles. The number of ether oxygens (including phenoxy) is 1. The first-order valence-electron chi connectivity index (χ1n) is 9.22. The predicted octanol–water partition coefficient (Wildman–Crippen LogP) is 2.06. The van der Waals surface area contributed by atoms with Crippen molar-refractivity contribution in [1.82, 2.24) is 5.32 Å². The average molecular weight is 372 g/mol. The Bertz CT molecular complexity index is 518. The molecule has 2 aliphatic heterocycles. The highest BCUT2D eigenvalue weighted by Gasteiger charge is 2.38. The molecule has 0 aliphatic carbocycles. The fourth-order valence-electron chi connectivity index (χ4n) is 3.37. The van der Waals surface area contributed by atoms with Gasteiger partial charge in [0.25, 0.3) is 0 Å². The van der Waals surface area contributed by atoms with Crippen LogP contribution >= 0.6 is 0 Å². The summed E-state index contributed by atoms with van der Waals surface area (Å²) in [6, 6.07) is 0. The Morgan fingerprint density at radius 1 is 1.35 bits per heavy atom. The fraction of sp³-hybridized carbons (Fsp3) is 0.889. The van der Waals surface area contributed by atoms with Gasteiger partial charge in [0.15, 0.2) is 0 Å². The monoisotopic (exact) mass is 372 g/mol. The zero-order chi connectivity index (χ0) is 20.0. The summed E-state index contributed by atoms with van der Waals surface area (Å²) in [4.78, 5) is 32.9. The van der Waals surface area contributed by atoms with Gasteiger partial charge >= 0.3 is 5.97 Å². The van der Waals surface area contributed by atoms with Crippen LogP contribution in [0.3, 0.4) is 0 Å². The number of nitro groups is 1. The maximum atomic E-state index is 11.3. The normalized spacial score (nSPS) is 25.0. The SMILES string of the molecule is CC(C)(C[C@@H]1CCCOC1=O)[N+](=O)[O-].CC1(C)C[C@H](CCCO)C(=O)N1. The lowest BCUT2D eigenvalue weighted by Crippen LogP contribution is -2.37. The van der Waals surface area contributed by atoms with Gasteiger partial charge in [-0.05, 0) is 46.0 Å². The number of hydrogen-bond acceptors (Lipinski definition) is 6. The van der Waals surface area contributed by atoms with Gasteiger partial charge in [0, 0.05) is 43.3 Å². The zero-order valence-electron chi connectivity index (χ0n) is 16.2. The number of esters is 1. The van der Waals surface area contributed by atoms with Gasteiger partial charge in [-0.3, -0.25) is 19.7 Å². The van der Waals surface area contributed by atoms with Gasteiger partial charge < -0.3 is 15.2 Å². The second-order valence-corrected chi connectivity index (χ2v) is 8.42. The highest BCUT2D eigenvalue weighted by atomic mass is 16.6. The van der Waals surface area contributed by atoms with E-state index < -0.39 is 5.54 Å². The van der Waals surface area contributed by atoms with Crippen molar-refractivity contribution < 1.29 is 24.4 Å². The number of carbonyl (C=O) groups excluding carboxylic acids is 2. The van der Waals surface area contributed by atoms with Crippen molar-refractivity contribution in [3.05, 3.63) is 10.1 Å². The molecule has 2 aliphatic rings. The van der Waals surface area contributed by atoms with Crippen LogP contribution in [-0.2, 0) is 14.3 Å². The van der Waals surface area contributed by atoms with Crippen molar-refractivity contribution in [2.45, 2.75) is 77.3 Å². The second-order valence-electron chi connectivity index (χ2n) is 8.42. The van der Waals surface area contributed by atoms with Crippen LogP contribution in [0.25, 0.3) is 0 Å². The molecule has 2 N–H and O–H groups in total. The standard InChI is InChI=1S/C9H15NO4.C9H17NO2/c1-9(2,10(12)13)6-7-4-3-5-14-8(7)11;1-9(2)6-7(4-3-5-11)8(12)10-9/h7H,3-6H2,1-2H3;7,11H,3-6H2,1-2H3,(H,10,12)/t2*7-/m00/s1. The molecule has 2 atom stereocenters. The molecule has 0 spiro atoms. The molecule has 8 heteroatoms. The van der Waals surface area contributed by atoms with E-state index in [1.165, 1.54) is 13.8 Å². The third kappa shape index (κ3) is 6.90. The third-order valence-corrected chi connectivity index (χ3v) is 4.81. The number of nitrogens with zero attached hydrogens (tertiary/aromatic N) is 1. The van der Waals surface area contributed by atoms with Crippen molar-refractivity contribution >= 4 is 11.9 Å². The molecule has 0 bridgehead atoms. The summed E-state index contributed by atoms with van der Waals surface area (Å²) in [6.45, 7) is 7.77. The van der Waals surface area contributed by atoms with Crippen LogP contribution in [-0.4, -0.2) is 46.2 Å². The van der Waals surface area contributed by atoms with Gasteiger partial charge in [-0.2, -0.15) is 0 Å². The summed E-state index contributed by atoms with van der Waals surface area (Å²) in [5, 5.41) is 22.2. The average Bonchev–Trinajstić information content (AvgIpc) is 2.80. The lowest BCUT2D eigenvalue weighted by Gasteiger charge is -2.24. The first kappa shape index (κ1) is 22.3. The number of nitrogens with one attached hydrogen (secondary N) is 1. The lowest BCUT2D eigenvalue weighted by molar-refractivity contribution is -0.562. The molecule has 0 radical (unpaired) electrons. The molecule has 2 fully saturated rings. The molecular weight excluding hydrogens is 340 g/mol. The molecule has 0 aromatic rings. The van der Waals surface area contributed by atoms with Crippen LogP contribution in [0.1, 0.15) is 66.2 Å². The van der Waals surface area contributed by atoms with E-state index in [1.54, 1.807) is 0 Å². The molecule has 150 valence electrons. The highest BCUT2D eigenvalue weighted by molar-refractivity contribution is 5.81. The molecule has 2 saturated heterocycles. The molecule has 26 heavy (non-hydrogen) atoms. The minimum atomic E-state index is -1.04. The zero-order valence-corrected chi connectivity index (χ0v) is 16.2. The maximum absolute atomic E-state index is 11.3. The van der Waals surface area contributed by atoms with Crippen LogP contribution in [0, 0.1) is 22.0 Å². The van der Waals surface area contributed by atoms with Crippen LogP contribution in [0.2, 0.25) is 0 Å². The van der Waals surface area contributed by atoms with Crippen LogP contribution in [0.4, 0.5) is 0 Å². The van der Waals surface area contributed by atoms with Gasteiger partial charge in [0.05, 0.1) is 12.5 Å². The van der Waals surface area contributed by atoms with Crippen molar-refractivity contribution in [2.24, 2.45) is 11.8 Å². The Labute approximate surface area is 154 Å². The van der Waals surface area contributed by atoms with Crippen LogP contribution in [0.15, 0.2) is 0 Å². The highest BCUT2D eigenvalue weighted by Crippen LogP contribution is 2.28. The van der Waals surface area contributed by atoms with Crippen molar-refractivity contribution in [3.63, 3.8) is 0 Å². The molecule has 2 rings (SSSR count). The number of carbonyl (C=O) groups is 2. The van der Waals surface area contributed by atoms with Gasteiger partial charge in [-0.15, -0.1) is 0 Å². The molecule has 8 nitrogen and oxygen atoms in total. The van der Waals surface area contributed by atoms with Crippen LogP contribution < -0.4 is 5.32 Å². The molecule has 0 unspecified atom stereocenters. The largest absolute Gasteiger partial charge is 0.465 e. The van der Waals surface area contributed by atoms with Crippen molar-refractivity contribution in [1.29, 1.82) is 0 Å². The summed E-state index contributed by atoms with van der Waals surface area (Å²) < 4.78 is 4.85.